The van der Waals surface area contributed by atoms with Crippen molar-refractivity contribution in [1.29, 1.82) is 0 Å². The molecular formula is C16H26N4O4. The van der Waals surface area contributed by atoms with Gasteiger partial charge in [-0.2, -0.15) is 0 Å². The summed E-state index contributed by atoms with van der Waals surface area (Å²) in [4.78, 5) is 48.4. The number of rotatable bonds is 8. The van der Waals surface area contributed by atoms with E-state index in [1.807, 2.05) is 13.8 Å². The third-order valence-electron chi connectivity index (χ3n) is 5.05. The molecule has 3 atom stereocenters. The first-order valence-electron chi connectivity index (χ1n) is 8.44. The molecular weight excluding hydrogens is 312 g/mol. The predicted molar refractivity (Wildman–Crippen MR) is 86.4 cm³/mol. The Morgan fingerprint density at radius 2 is 1.92 bits per heavy atom. The van der Waals surface area contributed by atoms with Crippen LogP contribution in [0.5, 0.6) is 0 Å². The van der Waals surface area contributed by atoms with Gasteiger partial charge < -0.3 is 16.0 Å². The normalized spacial score (nSPS) is 25.2. The number of hydrogen-bond donors (Lipinski definition) is 3. The van der Waals surface area contributed by atoms with Gasteiger partial charge in [0.2, 0.25) is 12.3 Å². The Bertz CT molecular complexity index is 518. The Balaban J connectivity index is 2.03. The Morgan fingerprint density at radius 1 is 1.25 bits per heavy atom. The van der Waals surface area contributed by atoms with Crippen LogP contribution in [0.4, 0.5) is 0 Å². The van der Waals surface area contributed by atoms with Crippen LogP contribution in [0, 0.1) is 11.8 Å². The summed E-state index contributed by atoms with van der Waals surface area (Å²) in [5, 5.41) is 5.53. The molecule has 0 aromatic carbocycles. The van der Waals surface area contributed by atoms with Gasteiger partial charge in [0.15, 0.2) is 0 Å². The van der Waals surface area contributed by atoms with Crippen LogP contribution >= 0.6 is 0 Å². The lowest BCUT2D eigenvalue weighted by atomic mass is 9.92. The molecule has 4 N–H and O–H groups in total. The van der Waals surface area contributed by atoms with E-state index in [-0.39, 0.29) is 12.0 Å². The lowest BCUT2D eigenvalue weighted by Gasteiger charge is -2.31. The van der Waals surface area contributed by atoms with Gasteiger partial charge in [-0.05, 0) is 31.1 Å². The summed E-state index contributed by atoms with van der Waals surface area (Å²) in [5.41, 5.74) is 5.07. The third kappa shape index (κ3) is 4.11. The topological polar surface area (TPSA) is 122 Å². The second-order valence-electron chi connectivity index (χ2n) is 7.02. The number of primary amides is 1. The molecule has 1 aliphatic carbocycles. The van der Waals surface area contributed by atoms with Gasteiger partial charge in [0, 0.05) is 12.6 Å². The fourth-order valence-electron chi connectivity index (χ4n) is 3.13. The first kappa shape index (κ1) is 18.4. The van der Waals surface area contributed by atoms with E-state index in [0.717, 1.165) is 19.3 Å². The number of carbonyl (C=O) groups excluding carboxylic acids is 4. The van der Waals surface area contributed by atoms with E-state index in [4.69, 9.17) is 5.73 Å². The number of likely N-dealkylation sites (tertiary alicyclic amines) is 1. The van der Waals surface area contributed by atoms with Crippen molar-refractivity contribution in [3.05, 3.63) is 0 Å². The quantitative estimate of drug-likeness (QED) is 0.302. The molecule has 1 saturated carbocycles. The van der Waals surface area contributed by atoms with Gasteiger partial charge in [-0.15, -0.1) is 0 Å². The molecule has 8 heteroatoms. The maximum atomic E-state index is 12.6. The maximum absolute atomic E-state index is 12.6. The highest BCUT2D eigenvalue weighted by Gasteiger charge is 2.39. The fraction of sp³-hybridized carbons (Fsp3) is 0.750. The van der Waals surface area contributed by atoms with E-state index in [0.29, 0.717) is 25.3 Å². The third-order valence-corrected chi connectivity index (χ3v) is 5.05. The highest BCUT2D eigenvalue weighted by molar-refractivity contribution is 6.37. The SMILES string of the molecule is CC(C)[C@@H]1C[C@@H](C(=O)NC(NC2CCC2)C(=O)C(N)=O)N(C=O)C1. The number of carbonyl (C=O) groups is 4. The van der Waals surface area contributed by atoms with E-state index in [1.54, 1.807) is 0 Å². The Hall–Kier alpha value is -1.96. The van der Waals surface area contributed by atoms with Gasteiger partial charge >= 0.3 is 0 Å². The molecule has 0 aromatic heterocycles. The van der Waals surface area contributed by atoms with Crippen molar-refractivity contribution in [3.63, 3.8) is 0 Å². The highest BCUT2D eigenvalue weighted by Crippen LogP contribution is 2.28. The summed E-state index contributed by atoms with van der Waals surface area (Å²) in [5.74, 6) is -1.81. The molecule has 3 amide bonds. The second-order valence-corrected chi connectivity index (χ2v) is 7.02. The van der Waals surface area contributed by atoms with Crippen LogP contribution in [0.25, 0.3) is 0 Å². The number of nitrogens with two attached hydrogens (primary N) is 1. The summed E-state index contributed by atoms with van der Waals surface area (Å²) in [6.07, 6.45) is 2.89. The molecule has 8 nitrogen and oxygen atoms in total. The minimum atomic E-state index is -1.13. The zero-order valence-corrected chi connectivity index (χ0v) is 14.2. The number of nitrogens with one attached hydrogen (secondary N) is 2. The van der Waals surface area contributed by atoms with E-state index < -0.39 is 29.8 Å². The molecule has 2 aliphatic rings. The molecule has 2 rings (SSSR count). The largest absolute Gasteiger partial charge is 0.363 e. The van der Waals surface area contributed by atoms with Crippen LogP contribution in [0.15, 0.2) is 0 Å². The van der Waals surface area contributed by atoms with E-state index in [1.165, 1.54) is 4.90 Å². The van der Waals surface area contributed by atoms with E-state index in [2.05, 4.69) is 10.6 Å². The molecule has 0 aromatic rings. The van der Waals surface area contributed by atoms with Crippen molar-refractivity contribution in [1.82, 2.24) is 15.5 Å². The lowest BCUT2D eigenvalue weighted by molar-refractivity contribution is -0.140. The molecule has 24 heavy (non-hydrogen) atoms. The first-order chi connectivity index (χ1) is 11.3. The summed E-state index contributed by atoms with van der Waals surface area (Å²) in [7, 11) is 0. The maximum Gasteiger partial charge on any atom is 0.288 e. The summed E-state index contributed by atoms with van der Waals surface area (Å²) in [6.45, 7) is 4.61. The molecule has 134 valence electrons. The van der Waals surface area contributed by atoms with Gasteiger partial charge in [0.1, 0.15) is 12.2 Å². The van der Waals surface area contributed by atoms with Gasteiger partial charge in [-0.3, -0.25) is 24.5 Å². The minimum absolute atomic E-state index is 0.0905. The Morgan fingerprint density at radius 3 is 2.38 bits per heavy atom. The molecule has 0 radical (unpaired) electrons. The van der Waals surface area contributed by atoms with Gasteiger partial charge in [0.25, 0.3) is 11.7 Å². The van der Waals surface area contributed by atoms with E-state index >= 15 is 0 Å². The lowest BCUT2D eigenvalue weighted by Crippen LogP contribution is -2.60. The van der Waals surface area contributed by atoms with Crippen LogP contribution in [0.1, 0.15) is 39.5 Å². The van der Waals surface area contributed by atoms with Crippen LogP contribution < -0.4 is 16.4 Å². The summed E-state index contributed by atoms with van der Waals surface area (Å²) < 4.78 is 0. The molecule has 1 saturated heterocycles. The van der Waals surface area contributed by atoms with Crippen LogP contribution in [-0.2, 0) is 19.2 Å². The number of amides is 3. The number of ketones is 1. The van der Waals surface area contributed by atoms with E-state index in [9.17, 15) is 19.2 Å². The predicted octanol–water partition coefficient (Wildman–Crippen LogP) is -0.872. The van der Waals surface area contributed by atoms with Crippen molar-refractivity contribution in [2.75, 3.05) is 6.54 Å². The summed E-state index contributed by atoms with van der Waals surface area (Å²) in [6, 6.07) is -0.533. The second kappa shape index (κ2) is 7.74. The van der Waals surface area contributed by atoms with Crippen molar-refractivity contribution < 1.29 is 19.2 Å². The van der Waals surface area contributed by atoms with Gasteiger partial charge in [0.05, 0.1) is 0 Å². The molecule has 0 bridgehead atoms. The average molecular weight is 338 g/mol. The zero-order valence-electron chi connectivity index (χ0n) is 14.2. The molecule has 1 heterocycles. The van der Waals surface area contributed by atoms with Crippen LogP contribution in [0.2, 0.25) is 0 Å². The number of hydrogen-bond acceptors (Lipinski definition) is 5. The Labute approximate surface area is 141 Å². The first-order valence-corrected chi connectivity index (χ1v) is 8.44. The molecule has 0 spiro atoms. The fourth-order valence-corrected chi connectivity index (χ4v) is 3.13. The molecule has 1 unspecified atom stereocenters. The van der Waals surface area contributed by atoms with Gasteiger partial charge in [-0.1, -0.05) is 20.3 Å². The smallest absolute Gasteiger partial charge is 0.288 e. The molecule has 2 fully saturated rings. The molecule has 1 aliphatic heterocycles. The highest BCUT2D eigenvalue weighted by atomic mass is 16.2. The Kier molecular flexibility index (Phi) is 5.93. The van der Waals surface area contributed by atoms with Crippen molar-refractivity contribution in [2.24, 2.45) is 17.6 Å². The van der Waals surface area contributed by atoms with Crippen LogP contribution in [-0.4, -0.2) is 53.7 Å². The van der Waals surface area contributed by atoms with Crippen molar-refractivity contribution >= 4 is 24.0 Å². The monoisotopic (exact) mass is 338 g/mol. The zero-order chi connectivity index (χ0) is 17.9. The average Bonchev–Trinajstić information content (AvgIpc) is 2.93. The minimum Gasteiger partial charge on any atom is -0.363 e. The van der Waals surface area contributed by atoms with Gasteiger partial charge in [-0.25, -0.2) is 0 Å². The standard InChI is InChI=1S/C16H26N4O4/c1-9(2)10-6-12(20(7-10)8-21)16(24)19-15(13(22)14(17)23)18-11-4-3-5-11/h8-12,15,18H,3-7H2,1-2H3,(H2,17,23)(H,19,24)/t10-,12+,15?/m1/s1. The van der Waals surface area contributed by atoms with Crippen molar-refractivity contribution in [3.8, 4) is 0 Å². The van der Waals surface area contributed by atoms with Crippen molar-refractivity contribution in [2.45, 2.75) is 57.8 Å². The summed E-state index contributed by atoms with van der Waals surface area (Å²) >= 11 is 0. The number of Topliss-reactive ketones (excluding diaryl/α,β-unsaturated/α-hetero) is 1. The van der Waals surface area contributed by atoms with Crippen LogP contribution in [0.3, 0.4) is 0 Å². The number of nitrogens with zero attached hydrogens (tertiary/aromatic N) is 1.